The molecule has 2 heterocycles. The molecule has 3 heteroatoms. The van der Waals surface area contributed by atoms with Gasteiger partial charge in [-0.1, -0.05) is 176 Å². The highest BCUT2D eigenvalue weighted by molar-refractivity contribution is 6.06. The molecule has 0 unspecified atom stereocenters. The van der Waals surface area contributed by atoms with Gasteiger partial charge in [-0.2, -0.15) is 0 Å². The zero-order valence-electron chi connectivity index (χ0n) is 30.4. The van der Waals surface area contributed by atoms with Gasteiger partial charge in [0.05, 0.1) is 16.8 Å². The second-order valence-corrected chi connectivity index (χ2v) is 14.4. The standard InChI is InChI=1S/C53H34N2O/c1-4-17-35(18-5-1)52-54-47(36-31-32-50-44(33-36)41-25-13-15-30-49(41)56-50)34-48(55-52)40-24-11-10-23-39(40)42-27-16-29-46-51(42)43-26-12-14-28-45(43)53(46,37-19-6-2-7-20-37)38-21-8-3-9-22-38/h1-34H. The minimum atomic E-state index is -0.488. The summed E-state index contributed by atoms with van der Waals surface area (Å²) < 4.78 is 6.19. The van der Waals surface area contributed by atoms with Crippen molar-refractivity contribution in [1.29, 1.82) is 0 Å². The predicted octanol–water partition coefficient (Wildman–Crippen LogP) is 13.4. The van der Waals surface area contributed by atoms with Gasteiger partial charge in [-0.25, -0.2) is 9.97 Å². The Balaban J connectivity index is 1.15. The maximum Gasteiger partial charge on any atom is 0.160 e. The van der Waals surface area contributed by atoms with Crippen molar-refractivity contribution in [2.75, 3.05) is 0 Å². The van der Waals surface area contributed by atoms with Crippen molar-refractivity contribution >= 4 is 21.9 Å². The first kappa shape index (κ1) is 32.1. The lowest BCUT2D eigenvalue weighted by atomic mass is 9.67. The summed E-state index contributed by atoms with van der Waals surface area (Å²) in [5, 5.41) is 2.16. The zero-order valence-corrected chi connectivity index (χ0v) is 30.4. The largest absolute Gasteiger partial charge is 0.456 e. The molecule has 262 valence electrons. The molecule has 0 saturated carbocycles. The maximum absolute atomic E-state index is 6.19. The zero-order chi connectivity index (χ0) is 37.1. The smallest absolute Gasteiger partial charge is 0.160 e. The van der Waals surface area contributed by atoms with Crippen LogP contribution in [0.4, 0.5) is 0 Å². The number of aromatic nitrogens is 2. The molecule has 56 heavy (non-hydrogen) atoms. The van der Waals surface area contributed by atoms with E-state index in [1.807, 2.05) is 30.3 Å². The Morgan fingerprint density at radius 1 is 0.357 bits per heavy atom. The molecule has 0 fully saturated rings. The molecule has 0 bridgehead atoms. The van der Waals surface area contributed by atoms with Crippen molar-refractivity contribution in [3.05, 3.63) is 229 Å². The summed E-state index contributed by atoms with van der Waals surface area (Å²) >= 11 is 0. The third-order valence-corrected chi connectivity index (χ3v) is 11.4. The minimum absolute atomic E-state index is 0.488. The van der Waals surface area contributed by atoms with Crippen molar-refractivity contribution in [2.45, 2.75) is 5.41 Å². The lowest BCUT2D eigenvalue weighted by molar-refractivity contribution is 0.669. The number of furan rings is 1. The van der Waals surface area contributed by atoms with Crippen molar-refractivity contribution in [1.82, 2.24) is 9.97 Å². The van der Waals surface area contributed by atoms with Gasteiger partial charge in [0, 0.05) is 27.5 Å². The van der Waals surface area contributed by atoms with E-state index in [4.69, 9.17) is 14.4 Å². The summed E-state index contributed by atoms with van der Waals surface area (Å²) in [6, 6.07) is 73.4. The van der Waals surface area contributed by atoms with Gasteiger partial charge in [0.15, 0.2) is 5.82 Å². The van der Waals surface area contributed by atoms with Gasteiger partial charge >= 0.3 is 0 Å². The maximum atomic E-state index is 6.19. The minimum Gasteiger partial charge on any atom is -0.456 e. The number of nitrogens with zero attached hydrogens (tertiary/aromatic N) is 2. The van der Waals surface area contributed by atoms with Crippen LogP contribution in [0.1, 0.15) is 22.3 Å². The Kier molecular flexibility index (Phi) is 7.39. The van der Waals surface area contributed by atoms with Gasteiger partial charge < -0.3 is 4.42 Å². The van der Waals surface area contributed by atoms with Crippen molar-refractivity contribution < 1.29 is 4.42 Å². The molecule has 0 aliphatic heterocycles. The number of rotatable bonds is 6. The molecule has 1 aliphatic rings. The van der Waals surface area contributed by atoms with Crippen LogP contribution in [0.3, 0.4) is 0 Å². The molecule has 0 atom stereocenters. The van der Waals surface area contributed by atoms with Crippen LogP contribution >= 0.6 is 0 Å². The third kappa shape index (κ3) is 4.91. The van der Waals surface area contributed by atoms with E-state index in [0.717, 1.165) is 55.6 Å². The highest BCUT2D eigenvalue weighted by Gasteiger charge is 2.46. The van der Waals surface area contributed by atoms with Crippen LogP contribution < -0.4 is 0 Å². The Labute approximate surface area is 325 Å². The molecule has 3 nitrogen and oxygen atoms in total. The molecule has 2 aromatic heterocycles. The summed E-state index contributed by atoms with van der Waals surface area (Å²) in [7, 11) is 0. The van der Waals surface area contributed by atoms with Crippen molar-refractivity contribution in [3.8, 4) is 56.2 Å². The van der Waals surface area contributed by atoms with Crippen LogP contribution in [-0.4, -0.2) is 9.97 Å². The van der Waals surface area contributed by atoms with E-state index in [-0.39, 0.29) is 0 Å². The summed E-state index contributed by atoms with van der Waals surface area (Å²) in [5.41, 5.74) is 15.8. The number of para-hydroxylation sites is 1. The summed E-state index contributed by atoms with van der Waals surface area (Å²) in [6.45, 7) is 0. The highest BCUT2D eigenvalue weighted by atomic mass is 16.3. The number of hydrogen-bond acceptors (Lipinski definition) is 3. The Hall–Kier alpha value is -7.36. The molecule has 8 aromatic carbocycles. The number of benzene rings is 8. The highest BCUT2D eigenvalue weighted by Crippen LogP contribution is 2.58. The summed E-state index contributed by atoms with van der Waals surface area (Å²) in [6.07, 6.45) is 0. The van der Waals surface area contributed by atoms with Crippen LogP contribution in [-0.2, 0) is 5.41 Å². The van der Waals surface area contributed by atoms with E-state index in [0.29, 0.717) is 5.82 Å². The van der Waals surface area contributed by atoms with Crippen LogP contribution in [0.25, 0.3) is 78.1 Å². The molecule has 0 saturated heterocycles. The van der Waals surface area contributed by atoms with Gasteiger partial charge in [-0.05, 0) is 74.8 Å². The van der Waals surface area contributed by atoms with Crippen molar-refractivity contribution in [2.24, 2.45) is 0 Å². The first-order valence-electron chi connectivity index (χ1n) is 19.1. The average molecular weight is 715 g/mol. The first-order valence-corrected chi connectivity index (χ1v) is 19.1. The second kappa shape index (κ2) is 12.9. The fourth-order valence-electron chi connectivity index (χ4n) is 8.99. The Morgan fingerprint density at radius 2 is 0.929 bits per heavy atom. The number of hydrogen-bond donors (Lipinski definition) is 0. The van der Waals surface area contributed by atoms with Crippen LogP contribution in [0.5, 0.6) is 0 Å². The Morgan fingerprint density at radius 3 is 1.70 bits per heavy atom. The second-order valence-electron chi connectivity index (χ2n) is 14.4. The quantitative estimate of drug-likeness (QED) is 0.172. The number of fused-ring (bicyclic) bond motifs is 6. The molecular weight excluding hydrogens is 681 g/mol. The normalized spacial score (nSPS) is 12.8. The fourth-order valence-corrected chi connectivity index (χ4v) is 8.99. The predicted molar refractivity (Wildman–Crippen MR) is 228 cm³/mol. The van der Waals surface area contributed by atoms with Gasteiger partial charge in [-0.3, -0.25) is 0 Å². The van der Waals surface area contributed by atoms with Gasteiger partial charge in [0.25, 0.3) is 0 Å². The fraction of sp³-hybridized carbons (Fsp3) is 0.0189. The van der Waals surface area contributed by atoms with Gasteiger partial charge in [0.2, 0.25) is 0 Å². The van der Waals surface area contributed by atoms with Crippen LogP contribution in [0, 0.1) is 0 Å². The van der Waals surface area contributed by atoms with E-state index in [2.05, 4.69) is 176 Å². The molecule has 0 radical (unpaired) electrons. The molecule has 0 N–H and O–H groups in total. The van der Waals surface area contributed by atoms with E-state index < -0.39 is 5.41 Å². The summed E-state index contributed by atoms with van der Waals surface area (Å²) in [4.78, 5) is 10.5. The van der Waals surface area contributed by atoms with E-state index in [9.17, 15) is 0 Å². The topological polar surface area (TPSA) is 38.9 Å². The van der Waals surface area contributed by atoms with Crippen molar-refractivity contribution in [3.63, 3.8) is 0 Å². The molecule has 10 aromatic rings. The van der Waals surface area contributed by atoms with E-state index in [1.54, 1.807) is 0 Å². The molecule has 0 spiro atoms. The molecule has 1 aliphatic carbocycles. The van der Waals surface area contributed by atoms with Crippen LogP contribution in [0.2, 0.25) is 0 Å². The molecule has 11 rings (SSSR count). The van der Waals surface area contributed by atoms with E-state index >= 15 is 0 Å². The summed E-state index contributed by atoms with van der Waals surface area (Å²) in [5.74, 6) is 0.681. The Bertz CT molecular complexity index is 3040. The van der Waals surface area contributed by atoms with Gasteiger partial charge in [0.1, 0.15) is 11.2 Å². The lowest BCUT2D eigenvalue weighted by Gasteiger charge is -2.34. The van der Waals surface area contributed by atoms with Crippen LogP contribution in [0.15, 0.2) is 211 Å². The third-order valence-electron chi connectivity index (χ3n) is 11.4. The lowest BCUT2D eigenvalue weighted by Crippen LogP contribution is -2.28. The molecular formula is C53H34N2O. The van der Waals surface area contributed by atoms with E-state index in [1.165, 1.54) is 38.9 Å². The average Bonchev–Trinajstić information content (AvgIpc) is 3.81. The van der Waals surface area contributed by atoms with Gasteiger partial charge in [-0.15, -0.1) is 0 Å². The first-order chi connectivity index (χ1) is 27.8. The monoisotopic (exact) mass is 714 g/mol. The molecule has 0 amide bonds. The SMILES string of the molecule is c1ccc(-c2nc(-c3ccc4oc5ccccc5c4c3)cc(-c3ccccc3-c3cccc4c3-c3ccccc3C4(c3ccccc3)c3ccccc3)n2)cc1.